The number of benzene rings is 1. The molecule has 0 atom stereocenters. The summed E-state index contributed by atoms with van der Waals surface area (Å²) in [6, 6.07) is 5.81. The second kappa shape index (κ2) is 6.95. The minimum absolute atomic E-state index is 0.00414. The first kappa shape index (κ1) is 16.4. The summed E-state index contributed by atoms with van der Waals surface area (Å²) in [6.45, 7) is 3.30. The first-order valence-electron chi connectivity index (χ1n) is 7.65. The highest BCUT2D eigenvalue weighted by Gasteiger charge is 2.19. The van der Waals surface area contributed by atoms with Crippen LogP contribution in [0.1, 0.15) is 22.8 Å². The Bertz CT molecular complexity index is 914. The van der Waals surface area contributed by atoms with Gasteiger partial charge in [0.15, 0.2) is 0 Å². The molecule has 1 amide bonds. The molecule has 0 saturated heterocycles. The molecule has 0 spiro atoms. The molecule has 0 fully saturated rings. The van der Waals surface area contributed by atoms with E-state index in [2.05, 4.69) is 15.5 Å². The van der Waals surface area contributed by atoms with Crippen molar-refractivity contribution in [2.45, 2.75) is 20.0 Å². The van der Waals surface area contributed by atoms with Gasteiger partial charge in [-0.05, 0) is 13.0 Å². The van der Waals surface area contributed by atoms with Gasteiger partial charge in [0.05, 0.1) is 29.5 Å². The fourth-order valence-corrected chi connectivity index (χ4v) is 2.39. The number of anilines is 1. The van der Waals surface area contributed by atoms with Crippen molar-refractivity contribution in [2.24, 2.45) is 0 Å². The molecule has 0 radical (unpaired) electrons. The highest BCUT2D eigenvalue weighted by Crippen LogP contribution is 2.19. The predicted octanol–water partition coefficient (Wildman–Crippen LogP) is 2.31. The summed E-state index contributed by atoms with van der Waals surface area (Å²) in [6.07, 6.45) is 6.84. The molecule has 0 aliphatic heterocycles. The van der Waals surface area contributed by atoms with Gasteiger partial charge in [-0.25, -0.2) is 0 Å². The van der Waals surface area contributed by atoms with Crippen molar-refractivity contribution in [1.82, 2.24) is 19.6 Å². The zero-order chi connectivity index (χ0) is 17.8. The number of carbonyl (C=O) groups excluding carboxylic acids is 1. The summed E-state index contributed by atoms with van der Waals surface area (Å²) in [7, 11) is 0. The number of hydrogen-bond acceptors (Lipinski definition) is 5. The second-order valence-corrected chi connectivity index (χ2v) is 5.36. The van der Waals surface area contributed by atoms with E-state index in [1.54, 1.807) is 23.1 Å². The Hall–Kier alpha value is -3.49. The van der Waals surface area contributed by atoms with Gasteiger partial charge in [0.2, 0.25) is 0 Å². The number of nitro groups is 1. The zero-order valence-corrected chi connectivity index (χ0v) is 13.5. The van der Waals surface area contributed by atoms with Gasteiger partial charge in [-0.1, -0.05) is 12.1 Å². The standard InChI is InChI=1S/C16H16N6O3/c1-2-20-9-12(7-17-20)10-21-11-13(8-18-21)19-16(23)14-5-3-4-6-15(14)22(24)25/h3-9,11H,2,10H2,1H3,(H,19,23). The monoisotopic (exact) mass is 340 g/mol. The fraction of sp³-hybridized carbons (Fsp3) is 0.188. The molecule has 128 valence electrons. The number of carbonyl (C=O) groups is 1. The van der Waals surface area contributed by atoms with Crippen molar-refractivity contribution >= 4 is 17.3 Å². The summed E-state index contributed by atoms with van der Waals surface area (Å²) < 4.78 is 3.47. The van der Waals surface area contributed by atoms with E-state index in [1.807, 2.05) is 17.8 Å². The van der Waals surface area contributed by atoms with E-state index in [-0.39, 0.29) is 11.3 Å². The summed E-state index contributed by atoms with van der Waals surface area (Å²) in [5.41, 5.74) is 1.22. The van der Waals surface area contributed by atoms with Gasteiger partial charge in [-0.2, -0.15) is 10.2 Å². The van der Waals surface area contributed by atoms with Crippen LogP contribution in [-0.2, 0) is 13.1 Å². The van der Waals surface area contributed by atoms with Crippen LogP contribution in [0, 0.1) is 10.1 Å². The normalized spacial score (nSPS) is 10.6. The maximum Gasteiger partial charge on any atom is 0.282 e. The number of aryl methyl sites for hydroxylation is 1. The first-order chi connectivity index (χ1) is 12.1. The maximum atomic E-state index is 12.3. The minimum Gasteiger partial charge on any atom is -0.319 e. The number of nitro benzene ring substituents is 1. The molecule has 9 heteroatoms. The number of nitrogens with one attached hydrogen (secondary N) is 1. The Labute approximate surface area is 143 Å². The quantitative estimate of drug-likeness (QED) is 0.547. The molecule has 1 N–H and O–H groups in total. The highest BCUT2D eigenvalue weighted by atomic mass is 16.6. The van der Waals surface area contributed by atoms with Crippen molar-refractivity contribution in [1.29, 1.82) is 0 Å². The van der Waals surface area contributed by atoms with Crippen LogP contribution in [0.25, 0.3) is 0 Å². The van der Waals surface area contributed by atoms with Crippen LogP contribution < -0.4 is 5.32 Å². The van der Waals surface area contributed by atoms with E-state index in [9.17, 15) is 14.9 Å². The van der Waals surface area contributed by atoms with Crippen LogP contribution in [0.3, 0.4) is 0 Å². The summed E-state index contributed by atoms with van der Waals surface area (Å²) in [5, 5.41) is 22.0. The Kier molecular flexibility index (Phi) is 4.55. The zero-order valence-electron chi connectivity index (χ0n) is 13.5. The third-order valence-electron chi connectivity index (χ3n) is 3.59. The van der Waals surface area contributed by atoms with E-state index in [4.69, 9.17) is 0 Å². The second-order valence-electron chi connectivity index (χ2n) is 5.36. The van der Waals surface area contributed by atoms with E-state index in [1.165, 1.54) is 24.4 Å². The van der Waals surface area contributed by atoms with E-state index in [0.29, 0.717) is 12.2 Å². The van der Waals surface area contributed by atoms with Crippen molar-refractivity contribution < 1.29 is 9.72 Å². The average molecular weight is 340 g/mol. The minimum atomic E-state index is -0.580. The molecule has 0 bridgehead atoms. The predicted molar refractivity (Wildman–Crippen MR) is 90.3 cm³/mol. The lowest BCUT2D eigenvalue weighted by Crippen LogP contribution is -2.13. The van der Waals surface area contributed by atoms with Gasteiger partial charge >= 0.3 is 0 Å². The lowest BCUT2D eigenvalue weighted by Gasteiger charge is -2.03. The molecule has 0 unspecified atom stereocenters. The van der Waals surface area contributed by atoms with Crippen molar-refractivity contribution in [3.63, 3.8) is 0 Å². The number of rotatable bonds is 6. The molecule has 3 rings (SSSR count). The average Bonchev–Trinajstić information content (AvgIpc) is 3.24. The summed E-state index contributed by atoms with van der Waals surface area (Å²) in [5.74, 6) is -0.550. The van der Waals surface area contributed by atoms with Crippen LogP contribution in [0.2, 0.25) is 0 Å². The van der Waals surface area contributed by atoms with Crippen molar-refractivity contribution in [2.75, 3.05) is 5.32 Å². The van der Waals surface area contributed by atoms with Gasteiger partial charge in [0, 0.05) is 30.6 Å². The summed E-state index contributed by atoms with van der Waals surface area (Å²) in [4.78, 5) is 22.7. The Morgan fingerprint density at radius 2 is 1.96 bits per heavy atom. The van der Waals surface area contributed by atoms with Crippen LogP contribution in [-0.4, -0.2) is 30.4 Å². The Balaban J connectivity index is 1.71. The highest BCUT2D eigenvalue weighted by molar-refractivity contribution is 6.06. The van der Waals surface area contributed by atoms with Gasteiger partial charge in [-0.3, -0.25) is 24.3 Å². The number of aromatic nitrogens is 4. The smallest absolute Gasteiger partial charge is 0.282 e. The third kappa shape index (κ3) is 3.71. The van der Waals surface area contributed by atoms with Gasteiger partial charge in [-0.15, -0.1) is 0 Å². The van der Waals surface area contributed by atoms with Crippen LogP contribution >= 0.6 is 0 Å². The molecule has 0 saturated carbocycles. The molecule has 0 aliphatic carbocycles. The Morgan fingerprint density at radius 1 is 1.20 bits per heavy atom. The number of hydrogen-bond donors (Lipinski definition) is 1. The molecule has 3 aromatic rings. The largest absolute Gasteiger partial charge is 0.319 e. The number of para-hydroxylation sites is 1. The molecular formula is C16H16N6O3. The third-order valence-corrected chi connectivity index (χ3v) is 3.59. The summed E-state index contributed by atoms with van der Waals surface area (Å²) >= 11 is 0. The maximum absolute atomic E-state index is 12.3. The number of amides is 1. The van der Waals surface area contributed by atoms with E-state index < -0.39 is 10.8 Å². The van der Waals surface area contributed by atoms with Crippen molar-refractivity contribution in [3.05, 3.63) is 70.3 Å². The van der Waals surface area contributed by atoms with Crippen LogP contribution in [0.5, 0.6) is 0 Å². The van der Waals surface area contributed by atoms with Crippen LogP contribution in [0.4, 0.5) is 11.4 Å². The number of nitrogens with zero attached hydrogens (tertiary/aromatic N) is 5. The van der Waals surface area contributed by atoms with E-state index in [0.717, 1.165) is 12.1 Å². The van der Waals surface area contributed by atoms with Gasteiger partial charge in [0.1, 0.15) is 5.56 Å². The SMILES string of the molecule is CCn1cc(Cn2cc(NC(=O)c3ccccc3[N+](=O)[O-])cn2)cn1. The van der Waals surface area contributed by atoms with Crippen molar-refractivity contribution in [3.8, 4) is 0 Å². The van der Waals surface area contributed by atoms with Gasteiger partial charge in [0.25, 0.3) is 11.6 Å². The van der Waals surface area contributed by atoms with Gasteiger partial charge < -0.3 is 5.32 Å². The van der Waals surface area contributed by atoms with E-state index >= 15 is 0 Å². The molecular weight excluding hydrogens is 324 g/mol. The molecule has 9 nitrogen and oxygen atoms in total. The molecule has 2 aromatic heterocycles. The Morgan fingerprint density at radius 3 is 2.68 bits per heavy atom. The topological polar surface area (TPSA) is 108 Å². The lowest BCUT2D eigenvalue weighted by atomic mass is 10.1. The molecule has 0 aliphatic rings. The molecule has 1 aromatic carbocycles. The van der Waals surface area contributed by atoms with Crippen LogP contribution in [0.15, 0.2) is 49.1 Å². The molecule has 25 heavy (non-hydrogen) atoms. The fourth-order valence-electron chi connectivity index (χ4n) is 2.39. The first-order valence-corrected chi connectivity index (χ1v) is 7.65. The molecule has 2 heterocycles. The lowest BCUT2D eigenvalue weighted by molar-refractivity contribution is -0.385.